The lowest BCUT2D eigenvalue weighted by Crippen LogP contribution is -2.48. The number of aryl methyl sites for hydroxylation is 2. The van der Waals surface area contributed by atoms with E-state index in [9.17, 15) is 9.90 Å². The molecular weight excluding hydrogens is 238 g/mol. The molecule has 0 aromatic heterocycles. The second-order valence-electron chi connectivity index (χ2n) is 5.74. The van der Waals surface area contributed by atoms with Gasteiger partial charge < -0.3 is 5.11 Å². The Balaban J connectivity index is 2.23. The lowest BCUT2D eigenvalue weighted by Gasteiger charge is -2.37. The maximum atomic E-state index is 11.5. The summed E-state index contributed by atoms with van der Waals surface area (Å²) in [4.78, 5) is 13.6. The average Bonchev–Trinajstić information content (AvgIpc) is 2.33. The molecule has 104 valence electrons. The summed E-state index contributed by atoms with van der Waals surface area (Å²) < 4.78 is 0. The highest BCUT2D eigenvalue weighted by atomic mass is 16.4. The molecule has 19 heavy (non-hydrogen) atoms. The van der Waals surface area contributed by atoms with Crippen LogP contribution in [0.5, 0.6) is 0 Å². The van der Waals surface area contributed by atoms with Crippen LogP contribution in [0.2, 0.25) is 0 Å². The van der Waals surface area contributed by atoms with Gasteiger partial charge in [-0.25, -0.2) is 0 Å². The molecule has 1 heterocycles. The highest BCUT2D eigenvalue weighted by Gasteiger charge is 2.34. The van der Waals surface area contributed by atoms with Crippen molar-refractivity contribution < 1.29 is 9.90 Å². The number of likely N-dealkylation sites (tertiary alicyclic amines) is 1. The Morgan fingerprint density at radius 2 is 2.00 bits per heavy atom. The number of carboxylic acid groups (broad SMARTS) is 1. The number of carboxylic acids is 1. The van der Waals surface area contributed by atoms with Gasteiger partial charge in [0, 0.05) is 6.54 Å². The predicted molar refractivity (Wildman–Crippen MR) is 76.1 cm³/mol. The van der Waals surface area contributed by atoms with E-state index in [2.05, 4.69) is 43.9 Å². The number of carbonyl (C=O) groups is 1. The van der Waals surface area contributed by atoms with Crippen molar-refractivity contribution in [3.63, 3.8) is 0 Å². The molecule has 0 radical (unpaired) electrons. The van der Waals surface area contributed by atoms with Gasteiger partial charge in [-0.15, -0.1) is 0 Å². The van der Waals surface area contributed by atoms with Gasteiger partial charge in [-0.3, -0.25) is 9.69 Å². The third-order valence-electron chi connectivity index (χ3n) is 4.30. The molecule has 0 amide bonds. The molecule has 0 saturated carbocycles. The van der Waals surface area contributed by atoms with Gasteiger partial charge in [0.2, 0.25) is 0 Å². The monoisotopic (exact) mass is 261 g/mol. The molecule has 2 rings (SSSR count). The van der Waals surface area contributed by atoms with E-state index in [0.29, 0.717) is 0 Å². The van der Waals surface area contributed by atoms with E-state index < -0.39 is 5.97 Å². The van der Waals surface area contributed by atoms with Gasteiger partial charge in [0.25, 0.3) is 0 Å². The second-order valence-corrected chi connectivity index (χ2v) is 5.74. The molecule has 0 bridgehead atoms. The van der Waals surface area contributed by atoms with Gasteiger partial charge in [-0.05, 0) is 55.8 Å². The summed E-state index contributed by atoms with van der Waals surface area (Å²) in [5.41, 5.74) is 3.78. The van der Waals surface area contributed by atoms with E-state index in [1.165, 1.54) is 16.7 Å². The molecule has 1 aliphatic rings. The summed E-state index contributed by atoms with van der Waals surface area (Å²) in [6.45, 7) is 7.89. The summed E-state index contributed by atoms with van der Waals surface area (Å²) in [6.07, 6.45) is 2.11. The molecule has 1 fully saturated rings. The summed E-state index contributed by atoms with van der Waals surface area (Å²) in [7, 11) is 0. The molecule has 3 heteroatoms. The Morgan fingerprint density at radius 1 is 1.37 bits per heavy atom. The van der Waals surface area contributed by atoms with Crippen molar-refractivity contribution in [1.29, 1.82) is 0 Å². The van der Waals surface area contributed by atoms with Crippen LogP contribution >= 0.6 is 0 Å². The Kier molecular flexibility index (Phi) is 4.25. The van der Waals surface area contributed by atoms with Crippen LogP contribution in [0.25, 0.3) is 0 Å². The van der Waals surface area contributed by atoms with Crippen LogP contribution in [-0.4, -0.2) is 28.6 Å². The fraction of sp³-hybridized carbons (Fsp3) is 0.562. The van der Waals surface area contributed by atoms with Crippen LogP contribution in [-0.2, 0) is 11.3 Å². The van der Waals surface area contributed by atoms with Gasteiger partial charge in [0.1, 0.15) is 6.04 Å². The first-order valence-corrected chi connectivity index (χ1v) is 7.02. The number of aliphatic carboxylic acids is 1. The zero-order chi connectivity index (χ0) is 14.0. The number of hydrogen-bond donors (Lipinski definition) is 1. The molecule has 0 aliphatic carbocycles. The number of nitrogens with zero attached hydrogens (tertiary/aromatic N) is 1. The smallest absolute Gasteiger partial charge is 0.321 e. The summed E-state index contributed by atoms with van der Waals surface area (Å²) >= 11 is 0. The van der Waals surface area contributed by atoms with Crippen molar-refractivity contribution >= 4 is 5.97 Å². The molecule has 1 aliphatic heterocycles. The van der Waals surface area contributed by atoms with Crippen molar-refractivity contribution in [2.75, 3.05) is 6.54 Å². The van der Waals surface area contributed by atoms with Gasteiger partial charge in [-0.1, -0.05) is 25.1 Å². The predicted octanol–water partition coefficient (Wildman–Crippen LogP) is 2.99. The number of piperidine rings is 1. The maximum Gasteiger partial charge on any atom is 0.321 e. The minimum atomic E-state index is -0.682. The summed E-state index contributed by atoms with van der Waals surface area (Å²) in [5, 5.41) is 9.45. The fourth-order valence-electron chi connectivity index (χ4n) is 3.15. The largest absolute Gasteiger partial charge is 0.480 e. The topological polar surface area (TPSA) is 40.5 Å². The first kappa shape index (κ1) is 14.1. The van der Waals surface area contributed by atoms with Crippen molar-refractivity contribution in [2.24, 2.45) is 5.92 Å². The molecule has 2 atom stereocenters. The van der Waals surface area contributed by atoms with Crippen LogP contribution in [0.3, 0.4) is 0 Å². The molecule has 0 spiro atoms. The summed E-state index contributed by atoms with van der Waals surface area (Å²) in [5.74, 6) is -0.450. The standard InChI is InChI=1S/C16H23NO2/c1-11-6-4-7-12(2)14(11)10-17-9-5-8-13(3)15(17)16(18)19/h4,6-7,13,15H,5,8-10H2,1-3H3,(H,18,19). The summed E-state index contributed by atoms with van der Waals surface area (Å²) in [6, 6.07) is 5.92. The van der Waals surface area contributed by atoms with Crippen molar-refractivity contribution in [1.82, 2.24) is 4.90 Å². The van der Waals surface area contributed by atoms with Crippen LogP contribution in [0.4, 0.5) is 0 Å². The molecule has 1 aromatic carbocycles. The highest BCUT2D eigenvalue weighted by molar-refractivity contribution is 5.74. The van der Waals surface area contributed by atoms with Crippen LogP contribution in [0.1, 0.15) is 36.5 Å². The molecule has 2 unspecified atom stereocenters. The van der Waals surface area contributed by atoms with Crippen LogP contribution in [0, 0.1) is 19.8 Å². The lowest BCUT2D eigenvalue weighted by molar-refractivity contribution is -0.147. The third kappa shape index (κ3) is 2.98. The molecule has 1 N–H and O–H groups in total. The van der Waals surface area contributed by atoms with Crippen LogP contribution < -0.4 is 0 Å². The zero-order valence-electron chi connectivity index (χ0n) is 12.0. The molecule has 1 aromatic rings. The van der Waals surface area contributed by atoms with Crippen molar-refractivity contribution in [2.45, 2.75) is 46.2 Å². The molecular formula is C16H23NO2. The normalized spacial score (nSPS) is 24.4. The molecule has 3 nitrogen and oxygen atoms in total. The minimum Gasteiger partial charge on any atom is -0.480 e. The minimum absolute atomic E-state index is 0.232. The Labute approximate surface area is 115 Å². The fourth-order valence-corrected chi connectivity index (χ4v) is 3.15. The molecule has 1 saturated heterocycles. The van der Waals surface area contributed by atoms with E-state index in [0.717, 1.165) is 25.9 Å². The van der Waals surface area contributed by atoms with Crippen molar-refractivity contribution in [3.05, 3.63) is 34.9 Å². The van der Waals surface area contributed by atoms with Crippen LogP contribution in [0.15, 0.2) is 18.2 Å². The highest BCUT2D eigenvalue weighted by Crippen LogP contribution is 2.26. The van der Waals surface area contributed by atoms with Crippen molar-refractivity contribution in [3.8, 4) is 0 Å². The lowest BCUT2D eigenvalue weighted by atomic mass is 9.90. The maximum absolute atomic E-state index is 11.5. The van der Waals surface area contributed by atoms with E-state index in [-0.39, 0.29) is 12.0 Å². The van der Waals surface area contributed by atoms with E-state index in [4.69, 9.17) is 0 Å². The van der Waals surface area contributed by atoms with Gasteiger partial charge in [-0.2, -0.15) is 0 Å². The van der Waals surface area contributed by atoms with E-state index in [1.54, 1.807) is 0 Å². The zero-order valence-corrected chi connectivity index (χ0v) is 12.0. The number of hydrogen-bond acceptors (Lipinski definition) is 2. The number of rotatable bonds is 3. The Hall–Kier alpha value is -1.35. The average molecular weight is 261 g/mol. The van der Waals surface area contributed by atoms with Gasteiger partial charge >= 0.3 is 5.97 Å². The third-order valence-corrected chi connectivity index (χ3v) is 4.30. The van der Waals surface area contributed by atoms with Gasteiger partial charge in [0.15, 0.2) is 0 Å². The second kappa shape index (κ2) is 5.74. The van der Waals surface area contributed by atoms with Gasteiger partial charge in [0.05, 0.1) is 0 Å². The number of benzene rings is 1. The Bertz CT molecular complexity index is 450. The first-order valence-electron chi connectivity index (χ1n) is 7.02. The van der Waals surface area contributed by atoms with E-state index >= 15 is 0 Å². The quantitative estimate of drug-likeness (QED) is 0.909. The SMILES string of the molecule is Cc1cccc(C)c1CN1CCCC(C)C1C(=O)O. The van der Waals surface area contributed by atoms with E-state index in [1.807, 2.05) is 0 Å². The Morgan fingerprint density at radius 3 is 2.58 bits per heavy atom. The first-order chi connectivity index (χ1) is 9.00.